The third kappa shape index (κ3) is 3.85. The number of amides is 1. The zero-order valence-electron chi connectivity index (χ0n) is 10.5. The molecule has 4 nitrogen and oxygen atoms in total. The Bertz CT molecular complexity index is 660. The second kappa shape index (κ2) is 6.58. The molecule has 0 saturated carbocycles. The lowest BCUT2D eigenvalue weighted by Gasteiger charge is -2.07. The van der Waals surface area contributed by atoms with Crippen molar-refractivity contribution in [2.75, 3.05) is 0 Å². The molecule has 1 amide bonds. The summed E-state index contributed by atoms with van der Waals surface area (Å²) in [6.07, 6.45) is 3.15. The molecule has 3 N–H and O–H groups in total. The van der Waals surface area contributed by atoms with Crippen LogP contribution in [0.1, 0.15) is 21.5 Å². The Morgan fingerprint density at radius 1 is 1.30 bits per heavy atom. The van der Waals surface area contributed by atoms with Gasteiger partial charge in [-0.1, -0.05) is 30.4 Å². The fourth-order valence-electron chi connectivity index (χ4n) is 1.65. The summed E-state index contributed by atoms with van der Waals surface area (Å²) >= 11 is 8.21. The van der Waals surface area contributed by atoms with Crippen molar-refractivity contribution < 1.29 is 4.79 Å². The Kier molecular flexibility index (Phi) is 4.81. The zero-order chi connectivity index (χ0) is 14.5. The number of hydrogen-bond acceptors (Lipinski definition) is 3. The summed E-state index contributed by atoms with van der Waals surface area (Å²) in [6, 6.07) is 9.18. The second-order valence-corrected chi connectivity index (χ2v) is 5.49. The van der Waals surface area contributed by atoms with Gasteiger partial charge in [-0.2, -0.15) is 0 Å². The van der Waals surface area contributed by atoms with Crippen molar-refractivity contribution in [1.82, 2.24) is 10.3 Å². The van der Waals surface area contributed by atoms with Gasteiger partial charge < -0.3 is 11.1 Å². The first-order valence-corrected chi connectivity index (χ1v) is 7.04. The SMILES string of the molecule is NC(=S)c1cccc(CNC(=O)c2cncc(Br)c2)c1. The van der Waals surface area contributed by atoms with Crippen LogP contribution in [-0.2, 0) is 6.54 Å². The zero-order valence-corrected chi connectivity index (χ0v) is 12.9. The first-order chi connectivity index (χ1) is 9.56. The van der Waals surface area contributed by atoms with E-state index in [0.29, 0.717) is 17.1 Å². The lowest BCUT2D eigenvalue weighted by Crippen LogP contribution is -2.23. The van der Waals surface area contributed by atoms with Crippen LogP contribution in [0.15, 0.2) is 47.2 Å². The van der Waals surface area contributed by atoms with E-state index < -0.39 is 0 Å². The molecule has 0 atom stereocenters. The Balaban J connectivity index is 2.03. The summed E-state index contributed by atoms with van der Waals surface area (Å²) in [4.78, 5) is 16.3. The number of rotatable bonds is 4. The molecule has 20 heavy (non-hydrogen) atoms. The highest BCUT2D eigenvalue weighted by atomic mass is 79.9. The second-order valence-electron chi connectivity index (χ2n) is 4.14. The highest BCUT2D eigenvalue weighted by Gasteiger charge is 2.06. The predicted molar refractivity (Wildman–Crippen MR) is 85.4 cm³/mol. The summed E-state index contributed by atoms with van der Waals surface area (Å²) < 4.78 is 0.764. The van der Waals surface area contributed by atoms with E-state index in [1.807, 2.05) is 24.3 Å². The van der Waals surface area contributed by atoms with Crippen LogP contribution >= 0.6 is 28.1 Å². The van der Waals surface area contributed by atoms with Gasteiger partial charge in [0.2, 0.25) is 0 Å². The molecular formula is C14H12BrN3OS. The fourth-order valence-corrected chi connectivity index (χ4v) is 2.15. The monoisotopic (exact) mass is 349 g/mol. The molecule has 0 radical (unpaired) electrons. The Labute approximate surface area is 130 Å². The van der Waals surface area contributed by atoms with Gasteiger partial charge in [-0.25, -0.2) is 0 Å². The van der Waals surface area contributed by atoms with Crippen LogP contribution in [0, 0.1) is 0 Å². The first-order valence-electron chi connectivity index (χ1n) is 5.84. The van der Waals surface area contributed by atoms with Crippen LogP contribution in [0.5, 0.6) is 0 Å². The first kappa shape index (κ1) is 14.6. The van der Waals surface area contributed by atoms with Crippen molar-refractivity contribution in [3.05, 3.63) is 63.9 Å². The smallest absolute Gasteiger partial charge is 0.253 e. The number of hydrogen-bond donors (Lipinski definition) is 2. The minimum absolute atomic E-state index is 0.181. The van der Waals surface area contributed by atoms with Crippen molar-refractivity contribution in [2.45, 2.75) is 6.54 Å². The van der Waals surface area contributed by atoms with E-state index in [9.17, 15) is 4.79 Å². The molecule has 2 aromatic rings. The van der Waals surface area contributed by atoms with Gasteiger partial charge in [0.05, 0.1) is 5.56 Å². The van der Waals surface area contributed by atoms with Gasteiger partial charge in [-0.3, -0.25) is 9.78 Å². The fraction of sp³-hybridized carbons (Fsp3) is 0.0714. The number of carbonyl (C=O) groups excluding carboxylic acids is 1. The highest BCUT2D eigenvalue weighted by molar-refractivity contribution is 9.10. The molecule has 0 aliphatic rings. The van der Waals surface area contributed by atoms with E-state index in [4.69, 9.17) is 18.0 Å². The van der Waals surface area contributed by atoms with Crippen LogP contribution in [0.4, 0.5) is 0 Å². The van der Waals surface area contributed by atoms with Crippen molar-refractivity contribution in [3.8, 4) is 0 Å². The maximum Gasteiger partial charge on any atom is 0.253 e. The lowest BCUT2D eigenvalue weighted by molar-refractivity contribution is 0.0950. The van der Waals surface area contributed by atoms with Crippen LogP contribution < -0.4 is 11.1 Å². The molecule has 0 aliphatic carbocycles. The lowest BCUT2D eigenvalue weighted by atomic mass is 10.1. The van der Waals surface area contributed by atoms with Crippen LogP contribution in [-0.4, -0.2) is 15.9 Å². The molecule has 0 aliphatic heterocycles. The van der Waals surface area contributed by atoms with Crippen molar-refractivity contribution in [2.24, 2.45) is 5.73 Å². The van der Waals surface area contributed by atoms with Crippen molar-refractivity contribution in [1.29, 1.82) is 0 Å². The van der Waals surface area contributed by atoms with Gasteiger partial charge in [0.15, 0.2) is 0 Å². The Morgan fingerprint density at radius 3 is 2.80 bits per heavy atom. The number of nitrogens with zero attached hydrogens (tertiary/aromatic N) is 1. The van der Waals surface area contributed by atoms with E-state index in [-0.39, 0.29) is 5.91 Å². The minimum atomic E-state index is -0.181. The number of nitrogens with one attached hydrogen (secondary N) is 1. The van der Waals surface area contributed by atoms with Crippen molar-refractivity contribution in [3.63, 3.8) is 0 Å². The quantitative estimate of drug-likeness (QED) is 0.831. The molecule has 1 aromatic carbocycles. The minimum Gasteiger partial charge on any atom is -0.389 e. The summed E-state index contributed by atoms with van der Waals surface area (Å²) in [6.45, 7) is 0.405. The molecule has 0 saturated heterocycles. The number of halogens is 1. The van der Waals surface area contributed by atoms with Gasteiger partial charge in [0, 0.05) is 29.0 Å². The molecule has 2 rings (SSSR count). The predicted octanol–water partition coefficient (Wildman–Crippen LogP) is 2.41. The third-order valence-corrected chi connectivity index (χ3v) is 3.30. The molecule has 0 bridgehead atoms. The normalized spacial score (nSPS) is 10.1. The Hall–Kier alpha value is -1.79. The topological polar surface area (TPSA) is 68.0 Å². The number of nitrogens with two attached hydrogens (primary N) is 1. The van der Waals surface area contributed by atoms with Gasteiger partial charge in [-0.15, -0.1) is 0 Å². The molecule has 0 fully saturated rings. The van der Waals surface area contributed by atoms with Crippen LogP contribution in [0.3, 0.4) is 0 Å². The van der Waals surface area contributed by atoms with Crippen molar-refractivity contribution >= 4 is 39.0 Å². The molecule has 0 spiro atoms. The molecular weight excluding hydrogens is 338 g/mol. The summed E-state index contributed by atoms with van der Waals surface area (Å²) in [5.74, 6) is -0.181. The standard InChI is InChI=1S/C14H12BrN3OS/c15-12-5-11(7-17-8-12)14(19)18-6-9-2-1-3-10(4-9)13(16)20/h1-5,7-8H,6H2,(H2,16,20)(H,18,19). The number of thiocarbonyl (C=S) groups is 1. The summed E-state index contributed by atoms with van der Waals surface area (Å²) in [5, 5.41) is 2.82. The third-order valence-electron chi connectivity index (χ3n) is 2.63. The average molecular weight is 350 g/mol. The number of pyridine rings is 1. The summed E-state index contributed by atoms with van der Waals surface area (Å²) in [5.41, 5.74) is 7.81. The molecule has 1 aromatic heterocycles. The van der Waals surface area contributed by atoms with E-state index >= 15 is 0 Å². The highest BCUT2D eigenvalue weighted by Crippen LogP contribution is 2.10. The molecule has 1 heterocycles. The molecule has 102 valence electrons. The van der Waals surface area contributed by atoms with E-state index in [2.05, 4.69) is 26.2 Å². The maximum atomic E-state index is 12.0. The van der Waals surface area contributed by atoms with Gasteiger partial charge in [-0.05, 0) is 33.6 Å². The van der Waals surface area contributed by atoms with Crippen LogP contribution in [0.25, 0.3) is 0 Å². The maximum absolute atomic E-state index is 12.0. The average Bonchev–Trinajstić information content (AvgIpc) is 2.45. The van der Waals surface area contributed by atoms with E-state index in [1.165, 1.54) is 6.20 Å². The van der Waals surface area contributed by atoms with E-state index in [1.54, 1.807) is 12.3 Å². The summed E-state index contributed by atoms with van der Waals surface area (Å²) in [7, 11) is 0. The van der Waals surface area contributed by atoms with Gasteiger partial charge in [0.25, 0.3) is 5.91 Å². The van der Waals surface area contributed by atoms with Gasteiger partial charge >= 0.3 is 0 Å². The van der Waals surface area contributed by atoms with Gasteiger partial charge in [0.1, 0.15) is 4.99 Å². The number of benzene rings is 1. The van der Waals surface area contributed by atoms with Crippen LogP contribution in [0.2, 0.25) is 0 Å². The number of aromatic nitrogens is 1. The number of carbonyl (C=O) groups is 1. The Morgan fingerprint density at radius 2 is 2.10 bits per heavy atom. The molecule has 6 heteroatoms. The van der Waals surface area contributed by atoms with E-state index in [0.717, 1.165) is 15.6 Å². The molecule has 0 unspecified atom stereocenters. The largest absolute Gasteiger partial charge is 0.389 e.